The number of nitro groups is 2. The van der Waals surface area contributed by atoms with Crippen molar-refractivity contribution in [1.29, 1.82) is 0 Å². The van der Waals surface area contributed by atoms with Gasteiger partial charge in [0.15, 0.2) is 28.7 Å². The smallest absolute Gasteiger partial charge is 0.493 e. The van der Waals surface area contributed by atoms with Crippen LogP contribution in [0.5, 0.6) is 34.5 Å². The summed E-state index contributed by atoms with van der Waals surface area (Å²) in [4.78, 5) is 121. The number of ether oxygens (including phenoxy) is 9. The molecule has 6 heterocycles. The highest BCUT2D eigenvalue weighted by molar-refractivity contribution is 9.10. The number of hydrogen-bond acceptors (Lipinski definition) is 28. The fourth-order valence-corrected chi connectivity index (χ4v) is 13.3. The number of aliphatic carboxylic acids is 1. The number of halogens is 4. The number of pyridine rings is 5. The zero-order chi connectivity index (χ0) is 108. The highest BCUT2D eigenvalue weighted by Gasteiger charge is 2.52. The maximum absolute atomic E-state index is 12.7. The second kappa shape index (κ2) is 59.9. The van der Waals surface area contributed by atoms with E-state index in [1.807, 2.05) is 144 Å². The Kier molecular flexibility index (Phi) is 49.8. The van der Waals surface area contributed by atoms with Crippen molar-refractivity contribution in [3.05, 3.63) is 304 Å². The van der Waals surface area contributed by atoms with Gasteiger partial charge in [0.05, 0.1) is 66.9 Å². The molecule has 1 saturated heterocycles. The van der Waals surface area contributed by atoms with E-state index in [2.05, 4.69) is 69.0 Å². The Labute approximate surface area is 879 Å². The number of nitrogens with one attached hydrogen (secondary N) is 1. The van der Waals surface area contributed by atoms with Gasteiger partial charge in [-0.1, -0.05) is 86.3 Å². The molecule has 6 aromatic carbocycles. The predicted molar refractivity (Wildman–Crippen MR) is 567 cm³/mol. The summed E-state index contributed by atoms with van der Waals surface area (Å²) < 4.78 is 62.5. The van der Waals surface area contributed by atoms with Gasteiger partial charge in [0.25, 0.3) is 5.91 Å². The summed E-state index contributed by atoms with van der Waals surface area (Å²) in [5, 5.41) is 42.3. The number of rotatable bonds is 41. The van der Waals surface area contributed by atoms with E-state index < -0.39 is 47.4 Å². The van der Waals surface area contributed by atoms with Crippen molar-refractivity contribution in [1.82, 2.24) is 30.2 Å². The van der Waals surface area contributed by atoms with Gasteiger partial charge in [0.1, 0.15) is 49.3 Å². The third-order valence-corrected chi connectivity index (χ3v) is 22.9. The third kappa shape index (κ3) is 41.6. The van der Waals surface area contributed by atoms with Crippen molar-refractivity contribution < 1.29 is 106 Å². The van der Waals surface area contributed by atoms with Crippen LogP contribution in [0.2, 0.25) is 10.0 Å². The summed E-state index contributed by atoms with van der Waals surface area (Å²) in [6, 6.07) is 57.4. The number of benzene rings is 6. The highest BCUT2D eigenvalue weighted by Crippen LogP contribution is 2.38. The lowest BCUT2D eigenvalue weighted by molar-refractivity contribution is -0.479. The van der Waals surface area contributed by atoms with Crippen LogP contribution in [0.25, 0.3) is 33.8 Å². The fourth-order valence-electron chi connectivity index (χ4n) is 12.5. The maximum atomic E-state index is 12.7. The van der Waals surface area contributed by atoms with Crippen molar-refractivity contribution in [3.8, 4) is 68.3 Å². The van der Waals surface area contributed by atoms with Crippen molar-refractivity contribution >= 4 is 110 Å². The summed E-state index contributed by atoms with van der Waals surface area (Å²) >= 11 is 18.1. The molecular formula is C108H128BBr2Cl2N9O24. The minimum absolute atomic E-state index is 0.0384. The molecule has 0 saturated carbocycles. The number of carboxylic acids is 2. The molecule has 38 heteroatoms. The fraction of sp³-hybridized carbons (Fsp3) is 0.370. The average molecular weight is 2180 g/mol. The Bertz CT molecular complexity index is 5970. The van der Waals surface area contributed by atoms with Crippen LogP contribution < -0.4 is 44.9 Å². The van der Waals surface area contributed by atoms with Gasteiger partial charge < -0.3 is 73.2 Å². The maximum Gasteiger partial charge on any atom is 0.494 e. The zero-order valence-electron chi connectivity index (χ0n) is 85.1. The van der Waals surface area contributed by atoms with E-state index in [0.717, 1.165) is 109 Å². The van der Waals surface area contributed by atoms with Crippen LogP contribution in [0.3, 0.4) is 0 Å². The van der Waals surface area contributed by atoms with Crippen molar-refractivity contribution in [3.63, 3.8) is 0 Å². The second-order valence-electron chi connectivity index (χ2n) is 35.5. The molecule has 33 nitrogen and oxygen atoms in total. The van der Waals surface area contributed by atoms with Crippen molar-refractivity contribution in [2.45, 2.75) is 203 Å². The minimum Gasteiger partial charge on any atom is -0.493 e. The average Bonchev–Trinajstić information content (AvgIpc) is 1.62. The van der Waals surface area contributed by atoms with E-state index >= 15 is 0 Å². The minimum atomic E-state index is -1.31. The van der Waals surface area contributed by atoms with Crippen LogP contribution in [0.1, 0.15) is 197 Å². The molecule has 0 aliphatic carbocycles. The lowest BCUT2D eigenvalue weighted by atomic mass is 9.79. The number of unbranched alkanes of at least 4 members (excludes halogenated alkanes) is 2. The van der Waals surface area contributed by atoms with Crippen LogP contribution in [0.15, 0.2) is 234 Å². The second-order valence-corrected chi connectivity index (χ2v) is 38.0. The summed E-state index contributed by atoms with van der Waals surface area (Å²) in [6.07, 6.45) is 15.2. The lowest BCUT2D eigenvalue weighted by Crippen LogP contribution is -2.41. The monoisotopic (exact) mass is 2170 g/mol. The molecule has 1 aliphatic heterocycles. The third-order valence-electron chi connectivity index (χ3n) is 21.5. The number of esters is 3. The number of carbonyl (C=O) groups excluding carboxylic acids is 5. The van der Waals surface area contributed by atoms with E-state index in [0.29, 0.717) is 121 Å². The Morgan fingerprint density at radius 1 is 0.459 bits per heavy atom. The van der Waals surface area contributed by atoms with E-state index in [4.69, 9.17) is 86.0 Å². The van der Waals surface area contributed by atoms with Gasteiger partial charge >= 0.3 is 37.0 Å². The van der Waals surface area contributed by atoms with E-state index in [1.165, 1.54) is 26.1 Å². The van der Waals surface area contributed by atoms with Gasteiger partial charge in [-0.3, -0.25) is 44.8 Å². The zero-order valence-corrected chi connectivity index (χ0v) is 89.8. The Balaban J connectivity index is 0.000000270. The number of amides is 1. The molecule has 5 N–H and O–H groups in total. The summed E-state index contributed by atoms with van der Waals surface area (Å²) in [6.45, 7) is 33.5. The highest BCUT2D eigenvalue weighted by atomic mass is 79.9. The number of carboxylic acid groups (broad SMARTS) is 2. The number of aromatic nitrogens is 5. The Hall–Kier alpha value is -13.4. The van der Waals surface area contributed by atoms with Gasteiger partial charge in [-0.25, -0.2) is 33.9 Å². The van der Waals surface area contributed by atoms with Gasteiger partial charge in [-0.05, 0) is 353 Å². The number of nitrogens with zero attached hydrogens (tertiary/aromatic N) is 7. The summed E-state index contributed by atoms with van der Waals surface area (Å²) in [7, 11) is -0.415. The normalized spacial score (nSPS) is 12.1. The molecule has 11 aromatic rings. The van der Waals surface area contributed by atoms with Crippen LogP contribution in [0, 0.1) is 20.2 Å². The van der Waals surface area contributed by atoms with Crippen molar-refractivity contribution in [2.75, 3.05) is 59.2 Å². The Morgan fingerprint density at radius 2 is 0.801 bits per heavy atom. The first-order chi connectivity index (χ1) is 69.1. The predicted octanol–water partition coefficient (Wildman–Crippen LogP) is 21.3. The number of aromatic carboxylic acids is 1. The summed E-state index contributed by atoms with van der Waals surface area (Å²) in [5.74, 6) is -0.363. The first kappa shape index (κ1) is 121. The van der Waals surface area contributed by atoms with Crippen LogP contribution in [-0.2, 0) is 68.4 Å². The van der Waals surface area contributed by atoms with Gasteiger partial charge in [-0.2, -0.15) is 0 Å². The molecule has 0 unspecified atom stereocenters. The van der Waals surface area contributed by atoms with Crippen LogP contribution in [-0.4, -0.2) is 187 Å². The van der Waals surface area contributed by atoms with Gasteiger partial charge in [0, 0.05) is 92.5 Å². The van der Waals surface area contributed by atoms with Gasteiger partial charge in [0.2, 0.25) is 13.1 Å². The molecule has 1 amide bonds. The molecule has 1 fully saturated rings. The van der Waals surface area contributed by atoms with Crippen molar-refractivity contribution in [2.24, 2.45) is 5.73 Å². The first-order valence-corrected chi connectivity index (χ1v) is 49.6. The molecule has 0 radical (unpaired) electrons. The number of nitrogens with two attached hydrogens (primary N) is 1. The Morgan fingerprint density at radius 3 is 1.12 bits per heavy atom. The topological polar surface area (TPSA) is 450 Å². The van der Waals surface area contributed by atoms with E-state index in [-0.39, 0.29) is 57.5 Å². The standard InChI is InChI=1S/C28H31ClN2O5.C19H22N2O5.C19H24N2O3.C18H27BO5.C11H13ClO3.C7H7BrN2O2.C6H4BrNO/c1-4-5-16-35-25-13-9-21(29)17-23(25)26(32)30-15-14-19-6-12-24(31-18-19)20-7-10-22(11-8-20)36-28(2,3)27(33)34;1-4-25-18(22)19(2,3)26-16-8-6-15(7-9-16)17-10-5-14(13-20-17)11-12-21(23)24;1-4-23-18(22)19(2,3)24-16-8-6-15(7-9-16)17-10-5-14(11-12-20)13-21-17;1-8-21-15(20)16(2,3)22-14-11-9-13(10-12-14)19-23-17(4,5)18(6,7)24-19;1-2-3-6-15-10-5-4-8(12)7-9(10)11(13)14;8-7-2-1-6(5-9-7)3-4-10(11)12;7-6-2-1-5(4-9)3-8-6/h6-13,17-18H,4-5,14-16H2,1-3H3,(H,30,32)(H,33,34);5-10,13H,4,11-12H2,1-3H3;5-10,13H,4,11-12,20H2,1-3H3;9-12H,8H2,1-7H3;4-5,7H,2-3,6H2,1H3,(H,13,14);1-2,5H,3-4H2;1-4H. The van der Waals surface area contributed by atoms with E-state index in [1.54, 1.807) is 166 Å². The largest absolute Gasteiger partial charge is 0.494 e. The lowest BCUT2D eigenvalue weighted by Gasteiger charge is -2.32. The number of carbonyl (C=O) groups is 7. The molecule has 12 rings (SSSR count). The molecule has 0 bridgehead atoms. The van der Waals surface area contributed by atoms with E-state index in [9.17, 15) is 58.9 Å². The quantitative estimate of drug-likeness (QED) is 0.00404. The van der Waals surface area contributed by atoms with Crippen LogP contribution >= 0.6 is 55.1 Å². The molecule has 146 heavy (non-hydrogen) atoms. The molecule has 0 atom stereocenters. The van der Waals surface area contributed by atoms with Gasteiger partial charge in [-0.15, -0.1) is 0 Å². The molecule has 5 aromatic heterocycles. The SMILES string of the molecule is CCCCOc1ccc(Cl)cc1C(=O)NCCc1ccc(-c2ccc(OC(C)(C)C(=O)O)cc2)nc1.CCCCOc1ccc(Cl)cc1C(=O)O.CCOC(=O)C(C)(C)Oc1ccc(-c2ccc(CCN)cn2)cc1.CCOC(=O)C(C)(C)Oc1ccc(-c2ccc(CC[N+](=O)[O-])cn2)cc1.CCOC(=O)C(C)(C)Oc1ccc(B2OC(C)(C)C(C)(C)O2)cc1.O=Cc1ccc(Br)nc1.O=[N+]([O-])CCc1ccc(Br)nc1. The number of hydrogen-bond donors (Lipinski definition) is 4. The first-order valence-electron chi connectivity index (χ1n) is 47.2. The number of aldehydes is 1. The summed E-state index contributed by atoms with van der Waals surface area (Å²) in [5.41, 5.74) is 11.3. The van der Waals surface area contributed by atoms with Crippen LogP contribution in [0.4, 0.5) is 0 Å². The molecule has 1 aliphatic rings. The molecular weight excluding hydrogens is 2050 g/mol. The molecule has 0 spiro atoms. The molecule has 780 valence electrons.